The second-order valence-electron chi connectivity index (χ2n) is 9.19. The van der Waals surface area contributed by atoms with E-state index < -0.39 is 30.0 Å². The second-order valence-corrected chi connectivity index (χ2v) is 10.2. The van der Waals surface area contributed by atoms with Crippen molar-refractivity contribution in [3.8, 4) is 5.75 Å². The highest BCUT2D eigenvalue weighted by Gasteiger charge is 2.40. The third-order valence-corrected chi connectivity index (χ3v) is 7.59. The monoisotopic (exact) mass is 533 g/mol. The Morgan fingerprint density at radius 2 is 1.63 bits per heavy atom. The van der Waals surface area contributed by atoms with Crippen LogP contribution in [0.15, 0.2) is 78.9 Å². The van der Waals surface area contributed by atoms with Gasteiger partial charge in [0.05, 0.1) is 11.9 Å². The quantitative estimate of drug-likeness (QED) is 0.336. The van der Waals surface area contributed by atoms with Crippen LogP contribution in [0.5, 0.6) is 5.75 Å². The van der Waals surface area contributed by atoms with E-state index in [1.807, 2.05) is 60.7 Å². The molecule has 3 aromatic rings. The summed E-state index contributed by atoms with van der Waals surface area (Å²) in [6.45, 7) is 1.96. The summed E-state index contributed by atoms with van der Waals surface area (Å²) >= 11 is 1.43. The molecule has 8 nitrogen and oxygen atoms in total. The Balaban J connectivity index is 1.50. The molecule has 38 heavy (non-hydrogen) atoms. The molecule has 0 bridgehead atoms. The molecule has 4 N–H and O–H groups in total. The van der Waals surface area contributed by atoms with Crippen LogP contribution in [0.25, 0.3) is 0 Å². The largest absolute Gasteiger partial charge is 0.508 e. The van der Waals surface area contributed by atoms with Crippen molar-refractivity contribution in [1.82, 2.24) is 15.5 Å². The number of rotatable bonds is 9. The Morgan fingerprint density at radius 3 is 2.32 bits per heavy atom. The summed E-state index contributed by atoms with van der Waals surface area (Å²) in [5.74, 6) is -0.775. The van der Waals surface area contributed by atoms with Crippen LogP contribution in [0, 0.1) is 6.92 Å². The fourth-order valence-corrected chi connectivity index (χ4v) is 5.51. The molecule has 1 saturated heterocycles. The van der Waals surface area contributed by atoms with Gasteiger partial charge < -0.3 is 25.7 Å². The second kappa shape index (κ2) is 12.6. The first kappa shape index (κ1) is 27.2. The molecule has 3 atom stereocenters. The Bertz CT molecular complexity index is 1270. The molecule has 3 aromatic carbocycles. The van der Waals surface area contributed by atoms with Crippen LogP contribution in [-0.2, 0) is 22.6 Å². The molecule has 3 amide bonds. The number of aliphatic hydroxyl groups excluding tert-OH is 1. The zero-order valence-corrected chi connectivity index (χ0v) is 21.9. The third kappa shape index (κ3) is 6.54. The molecule has 9 heteroatoms. The number of phenols is 1. The summed E-state index contributed by atoms with van der Waals surface area (Å²) < 4.78 is 0. The van der Waals surface area contributed by atoms with Gasteiger partial charge in [0.2, 0.25) is 5.91 Å². The minimum atomic E-state index is -1.58. The third-order valence-electron chi connectivity index (χ3n) is 6.58. The van der Waals surface area contributed by atoms with Crippen molar-refractivity contribution in [2.24, 2.45) is 0 Å². The van der Waals surface area contributed by atoms with E-state index in [1.54, 1.807) is 19.1 Å². The number of aliphatic hydroxyl groups is 1. The lowest BCUT2D eigenvalue weighted by molar-refractivity contribution is -0.146. The summed E-state index contributed by atoms with van der Waals surface area (Å²) in [6, 6.07) is 21.6. The number of benzene rings is 3. The predicted octanol–water partition coefficient (Wildman–Crippen LogP) is 2.62. The number of thioether (sulfide) groups is 1. The number of aromatic hydroxyl groups is 1. The minimum Gasteiger partial charge on any atom is -0.508 e. The van der Waals surface area contributed by atoms with E-state index in [1.165, 1.54) is 22.7 Å². The van der Waals surface area contributed by atoms with Gasteiger partial charge >= 0.3 is 0 Å². The fourth-order valence-electron chi connectivity index (χ4n) is 4.35. The van der Waals surface area contributed by atoms with Crippen molar-refractivity contribution >= 4 is 29.5 Å². The Morgan fingerprint density at radius 1 is 0.974 bits per heavy atom. The van der Waals surface area contributed by atoms with E-state index in [-0.39, 0.29) is 29.5 Å². The highest BCUT2D eigenvalue weighted by molar-refractivity contribution is 7.99. The molecule has 0 radical (unpaired) electrons. The number of amides is 3. The topological polar surface area (TPSA) is 119 Å². The van der Waals surface area contributed by atoms with Gasteiger partial charge in [0.1, 0.15) is 11.8 Å². The van der Waals surface area contributed by atoms with Crippen molar-refractivity contribution in [1.29, 1.82) is 0 Å². The van der Waals surface area contributed by atoms with Gasteiger partial charge in [0.15, 0.2) is 6.10 Å². The number of carbonyl (C=O) groups is 3. The molecule has 0 aromatic heterocycles. The first-order chi connectivity index (χ1) is 18.3. The summed E-state index contributed by atoms with van der Waals surface area (Å²) in [5.41, 5.74) is 2.41. The van der Waals surface area contributed by atoms with E-state index in [4.69, 9.17) is 0 Å². The molecule has 1 aliphatic heterocycles. The van der Waals surface area contributed by atoms with Crippen molar-refractivity contribution in [3.63, 3.8) is 0 Å². The number of phenolic OH excluding ortho intramolecular Hbond substituents is 1. The Labute approximate surface area is 226 Å². The number of nitrogens with one attached hydrogen (secondary N) is 2. The smallest absolute Gasteiger partial charge is 0.254 e. The van der Waals surface area contributed by atoms with Gasteiger partial charge in [-0.25, -0.2) is 0 Å². The van der Waals surface area contributed by atoms with Crippen LogP contribution in [0.2, 0.25) is 0 Å². The SMILES string of the molecule is Cc1c(O)cccc1C(=O)N[C@@H](Cc1ccccc1)[C@H](O)C(=O)N1CSC[C@H]1C(=O)NCc1ccccc1. The van der Waals surface area contributed by atoms with E-state index >= 15 is 0 Å². The molecule has 1 aliphatic rings. The lowest BCUT2D eigenvalue weighted by Crippen LogP contribution is -2.56. The van der Waals surface area contributed by atoms with Crippen molar-refractivity contribution in [2.75, 3.05) is 11.6 Å². The fraction of sp³-hybridized carbons (Fsp3) is 0.276. The molecular formula is C29H31N3O5S. The van der Waals surface area contributed by atoms with E-state index in [9.17, 15) is 24.6 Å². The van der Waals surface area contributed by atoms with Crippen molar-refractivity contribution < 1.29 is 24.6 Å². The normalized spacial score (nSPS) is 16.5. The van der Waals surface area contributed by atoms with Gasteiger partial charge in [-0.15, -0.1) is 11.8 Å². The average Bonchev–Trinajstić information content (AvgIpc) is 3.43. The highest BCUT2D eigenvalue weighted by Crippen LogP contribution is 2.24. The summed E-state index contributed by atoms with van der Waals surface area (Å²) in [7, 11) is 0. The average molecular weight is 534 g/mol. The number of hydrogen-bond donors (Lipinski definition) is 4. The standard InChI is InChI=1S/C29H31N3O5S/c1-19-22(13-8-14-25(19)33)27(35)31-23(15-20-9-4-2-5-10-20)26(34)29(37)32-18-38-17-24(32)28(36)30-16-21-11-6-3-7-12-21/h2-14,23-24,26,33-34H,15-18H2,1H3,(H,30,36)(H,31,35)/t23-,24-,26-/m0/s1. The molecule has 0 aliphatic carbocycles. The van der Waals surface area contributed by atoms with Gasteiger partial charge in [-0.2, -0.15) is 0 Å². The van der Waals surface area contributed by atoms with Crippen molar-refractivity contribution in [2.45, 2.75) is 38.1 Å². The molecule has 198 valence electrons. The van der Waals surface area contributed by atoms with Crippen LogP contribution in [-0.4, -0.2) is 62.7 Å². The maximum absolute atomic E-state index is 13.5. The van der Waals surface area contributed by atoms with Gasteiger partial charge in [-0.3, -0.25) is 14.4 Å². The molecule has 1 heterocycles. The Hall–Kier alpha value is -3.82. The molecule has 1 fully saturated rings. The molecule has 4 rings (SSSR count). The number of hydrogen-bond acceptors (Lipinski definition) is 6. The van der Waals surface area contributed by atoms with Gasteiger partial charge in [0, 0.05) is 23.4 Å². The van der Waals surface area contributed by atoms with Crippen LogP contribution in [0.3, 0.4) is 0 Å². The number of nitrogens with zero attached hydrogens (tertiary/aromatic N) is 1. The zero-order chi connectivity index (χ0) is 27.1. The summed E-state index contributed by atoms with van der Waals surface area (Å²) in [4.78, 5) is 41.0. The first-order valence-corrected chi connectivity index (χ1v) is 13.5. The van der Waals surface area contributed by atoms with Crippen LogP contribution < -0.4 is 10.6 Å². The van der Waals surface area contributed by atoms with Crippen LogP contribution in [0.1, 0.15) is 27.0 Å². The van der Waals surface area contributed by atoms with Gasteiger partial charge in [0.25, 0.3) is 11.8 Å². The maximum atomic E-state index is 13.5. The van der Waals surface area contributed by atoms with E-state index in [0.29, 0.717) is 17.9 Å². The highest BCUT2D eigenvalue weighted by atomic mass is 32.2. The summed E-state index contributed by atoms with van der Waals surface area (Å²) in [5, 5.41) is 26.9. The molecule has 0 unspecified atom stereocenters. The van der Waals surface area contributed by atoms with Crippen molar-refractivity contribution in [3.05, 3.63) is 101 Å². The summed E-state index contributed by atoms with van der Waals surface area (Å²) in [6.07, 6.45) is -1.39. The molecule has 0 spiro atoms. The minimum absolute atomic E-state index is 0.0210. The van der Waals surface area contributed by atoms with E-state index in [0.717, 1.165) is 11.1 Å². The lowest BCUT2D eigenvalue weighted by atomic mass is 9.98. The molecular weight excluding hydrogens is 502 g/mol. The van der Waals surface area contributed by atoms with Crippen LogP contribution >= 0.6 is 11.8 Å². The Kier molecular flexibility index (Phi) is 9.04. The predicted molar refractivity (Wildman–Crippen MR) is 146 cm³/mol. The zero-order valence-electron chi connectivity index (χ0n) is 21.0. The van der Waals surface area contributed by atoms with E-state index in [2.05, 4.69) is 10.6 Å². The molecule has 0 saturated carbocycles. The maximum Gasteiger partial charge on any atom is 0.254 e. The van der Waals surface area contributed by atoms with Gasteiger partial charge in [-0.05, 0) is 36.6 Å². The van der Waals surface area contributed by atoms with Crippen LogP contribution in [0.4, 0.5) is 0 Å². The van der Waals surface area contributed by atoms with Gasteiger partial charge in [-0.1, -0.05) is 66.7 Å². The first-order valence-electron chi connectivity index (χ1n) is 12.4. The lowest BCUT2D eigenvalue weighted by Gasteiger charge is -2.30. The number of carbonyl (C=O) groups excluding carboxylic acids is 3.